The van der Waals surface area contributed by atoms with Crippen LogP contribution in [0.15, 0.2) is 218 Å². The summed E-state index contributed by atoms with van der Waals surface area (Å²) in [6.07, 6.45) is 0. The molecule has 0 amide bonds. The second-order valence-electron chi connectivity index (χ2n) is 15.0. The molecule has 0 N–H and O–H groups in total. The largest absolute Gasteiger partial charge is 0.228 e. The fourth-order valence-corrected chi connectivity index (χ4v) is 9.36. The van der Waals surface area contributed by atoms with E-state index in [0.717, 1.165) is 39.2 Å². The first-order valence-corrected chi connectivity index (χ1v) is 20.8. The summed E-state index contributed by atoms with van der Waals surface area (Å²) < 4.78 is 2.52. The second-order valence-corrected chi connectivity index (χ2v) is 16.1. The molecule has 0 unspecified atom stereocenters. The van der Waals surface area contributed by atoms with Crippen LogP contribution in [0.5, 0.6) is 0 Å². The van der Waals surface area contributed by atoms with Gasteiger partial charge in [-0.15, -0.1) is 11.3 Å². The van der Waals surface area contributed by atoms with Gasteiger partial charge < -0.3 is 0 Å². The zero-order valence-electron chi connectivity index (χ0n) is 32.1. The predicted molar refractivity (Wildman–Crippen MR) is 250 cm³/mol. The lowest BCUT2D eigenvalue weighted by Crippen LogP contribution is -1.96. The van der Waals surface area contributed by atoms with Crippen LogP contribution in [0.25, 0.3) is 109 Å². The number of thiophene rings is 1. The predicted octanol–water partition coefficient (Wildman–Crippen LogP) is 15.7. The molecule has 0 bridgehead atoms. The second kappa shape index (κ2) is 14.8. The summed E-state index contributed by atoms with van der Waals surface area (Å²) in [6, 6.07) is 78.3. The Bertz CT molecular complexity index is 3300. The maximum absolute atomic E-state index is 5.30. The lowest BCUT2D eigenvalue weighted by atomic mass is 9.92. The minimum atomic E-state index is 0.712. The molecule has 2 nitrogen and oxygen atoms in total. The van der Waals surface area contributed by atoms with E-state index < -0.39 is 0 Å². The normalized spacial score (nSPS) is 11.4. The molecule has 0 atom stereocenters. The molecule has 0 saturated carbocycles. The first-order valence-electron chi connectivity index (χ1n) is 20.0. The van der Waals surface area contributed by atoms with Crippen molar-refractivity contribution < 1.29 is 0 Å². The van der Waals surface area contributed by atoms with E-state index in [1.54, 1.807) is 0 Å². The maximum Gasteiger partial charge on any atom is 0.160 e. The smallest absolute Gasteiger partial charge is 0.160 e. The van der Waals surface area contributed by atoms with Gasteiger partial charge >= 0.3 is 0 Å². The summed E-state index contributed by atoms with van der Waals surface area (Å²) in [5.74, 6) is 0.712. The van der Waals surface area contributed by atoms with E-state index in [0.29, 0.717) is 5.82 Å². The van der Waals surface area contributed by atoms with Gasteiger partial charge in [0, 0.05) is 36.9 Å². The molecule has 2 heterocycles. The Morgan fingerprint density at radius 1 is 0.254 bits per heavy atom. The topological polar surface area (TPSA) is 25.8 Å². The van der Waals surface area contributed by atoms with Crippen molar-refractivity contribution in [3.8, 4) is 78.4 Å². The van der Waals surface area contributed by atoms with Crippen molar-refractivity contribution in [3.05, 3.63) is 218 Å². The van der Waals surface area contributed by atoms with E-state index in [1.165, 1.54) is 64.3 Å². The van der Waals surface area contributed by atoms with Crippen LogP contribution in [0.3, 0.4) is 0 Å². The third-order valence-corrected chi connectivity index (χ3v) is 12.4. The molecule has 0 aliphatic heterocycles. The maximum atomic E-state index is 5.30. The molecule has 11 rings (SSSR count). The fourth-order valence-electron chi connectivity index (χ4n) is 8.18. The highest BCUT2D eigenvalue weighted by Crippen LogP contribution is 2.40. The molecule has 59 heavy (non-hydrogen) atoms. The molecule has 0 radical (unpaired) electrons. The van der Waals surface area contributed by atoms with Gasteiger partial charge in [-0.25, -0.2) is 9.97 Å². The fraction of sp³-hybridized carbons (Fsp3) is 0. The third-order valence-electron chi connectivity index (χ3n) is 11.3. The van der Waals surface area contributed by atoms with Gasteiger partial charge in [-0.3, -0.25) is 0 Å². The number of hydrogen-bond acceptors (Lipinski definition) is 3. The Morgan fingerprint density at radius 3 is 1.36 bits per heavy atom. The number of rotatable bonds is 7. The highest BCUT2D eigenvalue weighted by atomic mass is 32.1. The van der Waals surface area contributed by atoms with Crippen molar-refractivity contribution in [3.63, 3.8) is 0 Å². The summed E-state index contributed by atoms with van der Waals surface area (Å²) >= 11 is 1.83. The Kier molecular flexibility index (Phi) is 8.72. The minimum absolute atomic E-state index is 0.712. The van der Waals surface area contributed by atoms with E-state index in [2.05, 4.69) is 212 Å². The van der Waals surface area contributed by atoms with E-state index >= 15 is 0 Å². The summed E-state index contributed by atoms with van der Waals surface area (Å²) in [5.41, 5.74) is 14.3. The van der Waals surface area contributed by atoms with Crippen molar-refractivity contribution in [2.45, 2.75) is 0 Å². The van der Waals surface area contributed by atoms with Crippen LogP contribution in [-0.4, -0.2) is 9.97 Å². The van der Waals surface area contributed by atoms with Crippen molar-refractivity contribution in [1.29, 1.82) is 0 Å². The zero-order chi connectivity index (χ0) is 39.1. The van der Waals surface area contributed by atoms with E-state index in [4.69, 9.17) is 9.97 Å². The summed E-state index contributed by atoms with van der Waals surface area (Å²) in [7, 11) is 0. The summed E-state index contributed by atoms with van der Waals surface area (Å²) in [5, 5.41) is 5.07. The molecule has 2 aromatic heterocycles. The van der Waals surface area contributed by atoms with Crippen LogP contribution < -0.4 is 0 Å². The van der Waals surface area contributed by atoms with Gasteiger partial charge in [0.05, 0.1) is 11.4 Å². The Morgan fingerprint density at radius 2 is 0.695 bits per heavy atom. The SMILES string of the molecule is c1ccc(-c2ccc(-c3cc(-c4ccccc4)cc(-c4cccc(-c5cc(-c6ccccc6)nc(-c6ccc7c(c6)sc6cc8ccccc8cc67)n5)c4)c3)cc2)cc1. The van der Waals surface area contributed by atoms with E-state index in [9.17, 15) is 0 Å². The standard InChI is InChI=1S/C56H36N2S/c1-4-13-37(14-5-1)39-23-25-40(26-24-39)48-30-47(38-15-6-2-7-16-38)31-49(32-48)42-21-12-22-45(29-42)53-36-52(41-17-8-3-9-18-41)57-56(58-53)46-27-28-50-51-33-43-19-10-11-20-44(43)34-55(51)59-54(50)35-46/h1-36H. The molecule has 0 aliphatic carbocycles. The molecule has 0 saturated heterocycles. The molecular weight excluding hydrogens is 733 g/mol. The lowest BCUT2D eigenvalue weighted by Gasteiger charge is -2.13. The summed E-state index contributed by atoms with van der Waals surface area (Å²) in [4.78, 5) is 10.5. The van der Waals surface area contributed by atoms with Gasteiger partial charge in [0.25, 0.3) is 0 Å². The number of hydrogen-bond donors (Lipinski definition) is 0. The van der Waals surface area contributed by atoms with Crippen LogP contribution in [0.1, 0.15) is 0 Å². The average Bonchev–Trinajstić information content (AvgIpc) is 3.68. The van der Waals surface area contributed by atoms with Gasteiger partial charge in [0.2, 0.25) is 0 Å². The van der Waals surface area contributed by atoms with Crippen LogP contribution in [0.2, 0.25) is 0 Å². The molecule has 0 spiro atoms. The molecule has 0 fully saturated rings. The zero-order valence-corrected chi connectivity index (χ0v) is 32.9. The number of nitrogens with zero attached hydrogens (tertiary/aromatic N) is 2. The highest BCUT2D eigenvalue weighted by Gasteiger charge is 2.15. The third kappa shape index (κ3) is 6.78. The number of fused-ring (bicyclic) bond motifs is 4. The van der Waals surface area contributed by atoms with Crippen molar-refractivity contribution in [2.75, 3.05) is 0 Å². The molecule has 0 aliphatic rings. The number of aromatic nitrogens is 2. The Balaban J connectivity index is 1.02. The van der Waals surface area contributed by atoms with Crippen molar-refractivity contribution >= 4 is 42.3 Å². The van der Waals surface area contributed by atoms with Gasteiger partial charge in [0.15, 0.2) is 5.82 Å². The van der Waals surface area contributed by atoms with Crippen LogP contribution in [-0.2, 0) is 0 Å². The monoisotopic (exact) mass is 768 g/mol. The quantitative estimate of drug-likeness (QED) is 0.161. The highest BCUT2D eigenvalue weighted by molar-refractivity contribution is 7.25. The molecule has 11 aromatic rings. The van der Waals surface area contributed by atoms with Gasteiger partial charge in [0.1, 0.15) is 0 Å². The van der Waals surface area contributed by atoms with Crippen molar-refractivity contribution in [1.82, 2.24) is 9.97 Å². The van der Waals surface area contributed by atoms with Gasteiger partial charge in [-0.05, 0) is 104 Å². The van der Waals surface area contributed by atoms with Crippen molar-refractivity contribution in [2.24, 2.45) is 0 Å². The van der Waals surface area contributed by atoms with Crippen LogP contribution in [0, 0.1) is 0 Å². The first kappa shape index (κ1) is 34.8. The molecule has 9 aromatic carbocycles. The average molecular weight is 769 g/mol. The summed E-state index contributed by atoms with van der Waals surface area (Å²) in [6.45, 7) is 0. The Labute approximate surface area is 347 Å². The molecule has 276 valence electrons. The first-order chi connectivity index (χ1) is 29.2. The van der Waals surface area contributed by atoms with Gasteiger partial charge in [-0.1, -0.05) is 170 Å². The lowest BCUT2D eigenvalue weighted by molar-refractivity contribution is 1.18. The minimum Gasteiger partial charge on any atom is -0.228 e. The number of benzene rings is 9. The van der Waals surface area contributed by atoms with Crippen LogP contribution in [0.4, 0.5) is 0 Å². The molecular formula is C56H36N2S. The van der Waals surface area contributed by atoms with Gasteiger partial charge in [-0.2, -0.15) is 0 Å². The van der Waals surface area contributed by atoms with E-state index in [-0.39, 0.29) is 0 Å². The molecule has 3 heteroatoms. The van der Waals surface area contributed by atoms with E-state index in [1.807, 2.05) is 17.4 Å². The Hall–Kier alpha value is -7.46. The van der Waals surface area contributed by atoms with Crippen LogP contribution >= 0.6 is 11.3 Å².